The molecule has 1 aliphatic rings. The molecule has 0 aromatic heterocycles. The van der Waals surface area contributed by atoms with Gasteiger partial charge in [-0.3, -0.25) is 0 Å². The van der Waals surface area contributed by atoms with Crippen LogP contribution < -0.4 is 9.47 Å². The van der Waals surface area contributed by atoms with Gasteiger partial charge in [-0.25, -0.2) is 0 Å². The van der Waals surface area contributed by atoms with Crippen LogP contribution in [0.3, 0.4) is 0 Å². The van der Waals surface area contributed by atoms with Crippen molar-refractivity contribution < 1.29 is 14.6 Å². The Balaban J connectivity index is 2.00. The van der Waals surface area contributed by atoms with E-state index in [1.807, 2.05) is 19.1 Å². The largest absolute Gasteiger partial charge is 0.486 e. The summed E-state index contributed by atoms with van der Waals surface area (Å²) in [5.74, 6) is 1.20. The summed E-state index contributed by atoms with van der Waals surface area (Å²) in [5, 5.41) is 11.6. The molecular weight excluding hydrogens is 311 g/mol. The van der Waals surface area contributed by atoms with E-state index in [0.717, 1.165) is 5.56 Å². The summed E-state index contributed by atoms with van der Waals surface area (Å²) in [4.78, 5) is 0. The predicted octanol–water partition coefficient (Wildman–Crippen LogP) is 4.15. The van der Waals surface area contributed by atoms with Gasteiger partial charge in [0, 0.05) is 16.7 Å². The molecule has 1 aliphatic heterocycles. The van der Waals surface area contributed by atoms with Crippen LogP contribution in [0.25, 0.3) is 0 Å². The van der Waals surface area contributed by atoms with E-state index in [2.05, 4.69) is 0 Å². The molecule has 0 saturated carbocycles. The first kappa shape index (κ1) is 14.5. The second-order valence-electron chi connectivity index (χ2n) is 4.93. The molecule has 0 bridgehead atoms. The first-order valence-corrected chi connectivity index (χ1v) is 7.35. The number of benzene rings is 2. The third-order valence-corrected chi connectivity index (χ3v) is 4.20. The molecule has 110 valence electrons. The van der Waals surface area contributed by atoms with Gasteiger partial charge in [-0.15, -0.1) is 0 Å². The zero-order valence-corrected chi connectivity index (χ0v) is 12.9. The van der Waals surface area contributed by atoms with Crippen LogP contribution in [0.1, 0.15) is 22.8 Å². The SMILES string of the molecule is Cc1ccc(C(O)c2cc3c(cc2Cl)OCCO3)cc1Cl. The highest BCUT2D eigenvalue weighted by atomic mass is 35.5. The molecule has 3 nitrogen and oxygen atoms in total. The predicted molar refractivity (Wildman–Crippen MR) is 82.7 cm³/mol. The number of fused-ring (bicyclic) bond motifs is 1. The Bertz CT molecular complexity index is 685. The maximum absolute atomic E-state index is 10.6. The van der Waals surface area contributed by atoms with Crippen molar-refractivity contribution in [3.8, 4) is 11.5 Å². The Hall–Kier alpha value is -1.42. The van der Waals surface area contributed by atoms with Crippen molar-refractivity contribution in [1.82, 2.24) is 0 Å². The Morgan fingerprint density at radius 3 is 2.33 bits per heavy atom. The molecule has 0 spiro atoms. The lowest BCUT2D eigenvalue weighted by Crippen LogP contribution is -2.16. The van der Waals surface area contributed by atoms with Gasteiger partial charge in [0.15, 0.2) is 11.5 Å². The molecule has 0 radical (unpaired) electrons. The fourth-order valence-electron chi connectivity index (χ4n) is 2.25. The molecule has 3 rings (SSSR count). The van der Waals surface area contributed by atoms with E-state index in [9.17, 15) is 5.11 Å². The van der Waals surface area contributed by atoms with Gasteiger partial charge in [0.25, 0.3) is 0 Å². The molecule has 0 saturated heterocycles. The number of rotatable bonds is 2. The van der Waals surface area contributed by atoms with E-state index in [4.69, 9.17) is 32.7 Å². The van der Waals surface area contributed by atoms with Crippen LogP contribution in [-0.4, -0.2) is 18.3 Å². The topological polar surface area (TPSA) is 38.7 Å². The Morgan fingerprint density at radius 2 is 1.67 bits per heavy atom. The number of aryl methyl sites for hydroxylation is 1. The normalized spacial score (nSPS) is 14.9. The minimum Gasteiger partial charge on any atom is -0.486 e. The third-order valence-electron chi connectivity index (χ3n) is 3.47. The molecule has 1 N–H and O–H groups in total. The average Bonchev–Trinajstić information content (AvgIpc) is 2.48. The Kier molecular flexibility index (Phi) is 3.98. The van der Waals surface area contributed by atoms with E-state index in [1.54, 1.807) is 18.2 Å². The fourth-order valence-corrected chi connectivity index (χ4v) is 2.69. The lowest BCUT2D eigenvalue weighted by Gasteiger charge is -2.21. The van der Waals surface area contributed by atoms with Gasteiger partial charge in [0.2, 0.25) is 0 Å². The molecule has 2 aromatic rings. The summed E-state index contributed by atoms with van der Waals surface area (Å²) in [6.45, 7) is 2.90. The summed E-state index contributed by atoms with van der Waals surface area (Å²) in [6.07, 6.45) is -0.869. The van der Waals surface area contributed by atoms with E-state index in [1.165, 1.54) is 0 Å². The Labute approximate surface area is 133 Å². The quantitative estimate of drug-likeness (QED) is 0.901. The first-order chi connectivity index (χ1) is 10.1. The number of hydrogen-bond donors (Lipinski definition) is 1. The highest BCUT2D eigenvalue weighted by Gasteiger charge is 2.20. The fraction of sp³-hybridized carbons (Fsp3) is 0.250. The standard InChI is InChI=1S/C16H14Cl2O3/c1-9-2-3-10(6-12(9)17)16(19)11-7-14-15(8-13(11)18)21-5-4-20-14/h2-3,6-8,16,19H,4-5H2,1H3. The summed E-state index contributed by atoms with van der Waals surface area (Å²) < 4.78 is 11.0. The van der Waals surface area contributed by atoms with Crippen molar-refractivity contribution in [1.29, 1.82) is 0 Å². The number of ether oxygens (including phenoxy) is 2. The summed E-state index contributed by atoms with van der Waals surface area (Å²) in [7, 11) is 0. The van der Waals surface area contributed by atoms with Gasteiger partial charge in [0.1, 0.15) is 19.3 Å². The van der Waals surface area contributed by atoms with Gasteiger partial charge >= 0.3 is 0 Å². The zero-order chi connectivity index (χ0) is 15.0. The molecule has 0 fully saturated rings. The molecule has 0 amide bonds. The van der Waals surface area contributed by atoms with Crippen molar-refractivity contribution >= 4 is 23.2 Å². The molecule has 1 atom stereocenters. The minimum absolute atomic E-state index is 0.434. The molecule has 5 heteroatoms. The first-order valence-electron chi connectivity index (χ1n) is 6.59. The average molecular weight is 325 g/mol. The van der Waals surface area contributed by atoms with Crippen molar-refractivity contribution in [3.63, 3.8) is 0 Å². The lowest BCUT2D eigenvalue weighted by atomic mass is 10.00. The smallest absolute Gasteiger partial charge is 0.162 e. The van der Waals surface area contributed by atoms with Crippen LogP contribution in [0.4, 0.5) is 0 Å². The minimum atomic E-state index is -0.869. The van der Waals surface area contributed by atoms with Crippen molar-refractivity contribution in [2.45, 2.75) is 13.0 Å². The second kappa shape index (κ2) is 5.76. The Morgan fingerprint density at radius 1 is 1.00 bits per heavy atom. The van der Waals surface area contributed by atoms with Crippen molar-refractivity contribution in [2.24, 2.45) is 0 Å². The molecule has 21 heavy (non-hydrogen) atoms. The van der Waals surface area contributed by atoms with E-state index >= 15 is 0 Å². The van der Waals surface area contributed by atoms with Crippen LogP contribution >= 0.6 is 23.2 Å². The zero-order valence-electron chi connectivity index (χ0n) is 11.4. The van der Waals surface area contributed by atoms with E-state index < -0.39 is 6.10 Å². The molecule has 2 aromatic carbocycles. The van der Waals surface area contributed by atoms with Crippen molar-refractivity contribution in [3.05, 3.63) is 57.1 Å². The molecule has 1 unspecified atom stereocenters. The summed E-state index contributed by atoms with van der Waals surface area (Å²) >= 11 is 12.4. The molecule has 1 heterocycles. The second-order valence-corrected chi connectivity index (χ2v) is 5.74. The number of halogens is 2. The van der Waals surface area contributed by atoms with Gasteiger partial charge in [0.05, 0.1) is 5.02 Å². The van der Waals surface area contributed by atoms with Crippen LogP contribution in [0, 0.1) is 6.92 Å². The van der Waals surface area contributed by atoms with Crippen LogP contribution in [0.15, 0.2) is 30.3 Å². The summed E-state index contributed by atoms with van der Waals surface area (Å²) in [5.41, 5.74) is 2.21. The van der Waals surface area contributed by atoms with Crippen LogP contribution in [-0.2, 0) is 0 Å². The third kappa shape index (κ3) is 2.82. The van der Waals surface area contributed by atoms with Gasteiger partial charge < -0.3 is 14.6 Å². The lowest BCUT2D eigenvalue weighted by molar-refractivity contribution is 0.169. The maximum Gasteiger partial charge on any atom is 0.162 e. The molecular formula is C16H14Cl2O3. The van der Waals surface area contributed by atoms with Crippen LogP contribution in [0.5, 0.6) is 11.5 Å². The number of aliphatic hydroxyl groups is 1. The van der Waals surface area contributed by atoms with Crippen LogP contribution in [0.2, 0.25) is 10.0 Å². The summed E-state index contributed by atoms with van der Waals surface area (Å²) in [6, 6.07) is 8.83. The highest BCUT2D eigenvalue weighted by molar-refractivity contribution is 6.32. The number of hydrogen-bond acceptors (Lipinski definition) is 3. The monoisotopic (exact) mass is 324 g/mol. The van der Waals surface area contributed by atoms with Gasteiger partial charge in [-0.1, -0.05) is 35.3 Å². The number of aliphatic hydroxyl groups excluding tert-OH is 1. The van der Waals surface area contributed by atoms with Gasteiger partial charge in [-0.05, 0) is 30.2 Å². The maximum atomic E-state index is 10.6. The van der Waals surface area contributed by atoms with Gasteiger partial charge in [-0.2, -0.15) is 0 Å². The molecule has 0 aliphatic carbocycles. The highest BCUT2D eigenvalue weighted by Crippen LogP contribution is 2.39. The van der Waals surface area contributed by atoms with Crippen molar-refractivity contribution in [2.75, 3.05) is 13.2 Å². The van der Waals surface area contributed by atoms with E-state index in [-0.39, 0.29) is 0 Å². The van der Waals surface area contributed by atoms with E-state index in [0.29, 0.717) is 45.9 Å².